The van der Waals surface area contributed by atoms with Crippen LogP contribution in [0.2, 0.25) is 0 Å². The van der Waals surface area contributed by atoms with Crippen molar-refractivity contribution in [1.29, 1.82) is 0 Å². The molecule has 1 aliphatic rings. The van der Waals surface area contributed by atoms with Crippen molar-refractivity contribution in [1.82, 2.24) is 5.32 Å². The quantitative estimate of drug-likeness (QED) is 0.595. The van der Waals surface area contributed by atoms with Crippen LogP contribution in [0.4, 0.5) is 5.69 Å². The molecule has 112 valence electrons. The average molecular weight is 291 g/mol. The fourth-order valence-corrected chi connectivity index (χ4v) is 1.90. The first kappa shape index (κ1) is 15.0. The van der Waals surface area contributed by atoms with Crippen LogP contribution in [0, 0.1) is 5.41 Å². The second-order valence-electron chi connectivity index (χ2n) is 5.09. The van der Waals surface area contributed by atoms with Gasteiger partial charge in [0.1, 0.15) is 6.54 Å². The summed E-state index contributed by atoms with van der Waals surface area (Å²) in [6.07, 6.45) is 1.59. The second kappa shape index (κ2) is 5.92. The number of nitrogens with two attached hydrogens (primary N) is 1. The molecule has 0 saturated heterocycles. The monoisotopic (exact) mass is 291 g/mol. The number of nitrogens with one attached hydrogen (secondary N) is 2. The fourth-order valence-electron chi connectivity index (χ4n) is 1.90. The second-order valence-corrected chi connectivity index (χ2v) is 5.09. The Bertz CT molecular complexity index is 564. The molecule has 1 aromatic rings. The van der Waals surface area contributed by atoms with Gasteiger partial charge >= 0.3 is 5.97 Å². The van der Waals surface area contributed by atoms with E-state index in [1.807, 2.05) is 0 Å². The molecule has 1 saturated carbocycles. The number of amides is 2. The summed E-state index contributed by atoms with van der Waals surface area (Å²) >= 11 is 0. The number of benzene rings is 1. The third kappa shape index (κ3) is 3.57. The van der Waals surface area contributed by atoms with Crippen LogP contribution < -0.4 is 16.4 Å². The van der Waals surface area contributed by atoms with E-state index in [9.17, 15) is 14.4 Å². The molecular weight excluding hydrogens is 274 g/mol. The smallest absolute Gasteiger partial charge is 0.322 e. The van der Waals surface area contributed by atoms with E-state index < -0.39 is 23.8 Å². The van der Waals surface area contributed by atoms with Crippen molar-refractivity contribution in [3.05, 3.63) is 29.8 Å². The Kier molecular flexibility index (Phi) is 4.23. The average Bonchev–Trinajstić information content (AvgIpc) is 3.26. The molecule has 7 nitrogen and oxygen atoms in total. The van der Waals surface area contributed by atoms with Crippen LogP contribution in [-0.2, 0) is 9.59 Å². The number of anilines is 1. The van der Waals surface area contributed by atoms with Gasteiger partial charge in [-0.3, -0.25) is 14.4 Å². The van der Waals surface area contributed by atoms with Crippen LogP contribution in [0.15, 0.2) is 24.3 Å². The zero-order valence-electron chi connectivity index (χ0n) is 11.4. The third-order valence-corrected chi connectivity index (χ3v) is 3.53. The maximum atomic E-state index is 12.0. The maximum Gasteiger partial charge on any atom is 0.322 e. The van der Waals surface area contributed by atoms with Crippen molar-refractivity contribution in [2.24, 2.45) is 11.1 Å². The Hall–Kier alpha value is -2.41. The minimum Gasteiger partial charge on any atom is -0.480 e. The van der Waals surface area contributed by atoms with Crippen molar-refractivity contribution >= 4 is 23.5 Å². The molecule has 0 bridgehead atoms. The molecule has 0 aliphatic heterocycles. The number of rotatable bonds is 6. The van der Waals surface area contributed by atoms with Gasteiger partial charge in [-0.2, -0.15) is 0 Å². The molecule has 0 radical (unpaired) electrons. The van der Waals surface area contributed by atoms with Crippen molar-refractivity contribution in [2.45, 2.75) is 12.8 Å². The largest absolute Gasteiger partial charge is 0.480 e. The van der Waals surface area contributed by atoms with Gasteiger partial charge in [0.25, 0.3) is 5.91 Å². The number of carbonyl (C=O) groups is 3. The first-order chi connectivity index (χ1) is 9.97. The molecule has 7 heteroatoms. The summed E-state index contributed by atoms with van der Waals surface area (Å²) in [6.45, 7) is -0.106. The number of hydrogen-bond donors (Lipinski definition) is 4. The summed E-state index contributed by atoms with van der Waals surface area (Å²) in [5.41, 5.74) is 6.06. The highest BCUT2D eigenvalue weighted by molar-refractivity contribution is 5.99. The van der Waals surface area contributed by atoms with Gasteiger partial charge in [0.15, 0.2) is 0 Å². The summed E-state index contributed by atoms with van der Waals surface area (Å²) in [5, 5.41) is 13.5. The summed E-state index contributed by atoms with van der Waals surface area (Å²) in [5.74, 6) is -1.69. The number of carboxylic acids is 1. The standard InChI is InChI=1S/C14H17N3O4/c15-8-14(5-6-14)13(21)17-10-3-1-9(2-4-10)12(20)16-7-11(18)19/h1-4H,5-8,15H2,(H,16,20)(H,17,21)(H,18,19). The number of carboxylic acid groups (broad SMARTS) is 1. The predicted molar refractivity (Wildman–Crippen MR) is 75.8 cm³/mol. The van der Waals surface area contributed by atoms with Gasteiger partial charge in [0.2, 0.25) is 5.91 Å². The molecule has 21 heavy (non-hydrogen) atoms. The first-order valence-corrected chi connectivity index (χ1v) is 6.58. The lowest BCUT2D eigenvalue weighted by molar-refractivity contribution is -0.135. The molecule has 0 unspecified atom stereocenters. The van der Waals surface area contributed by atoms with Gasteiger partial charge in [-0.15, -0.1) is 0 Å². The zero-order chi connectivity index (χ0) is 15.5. The van der Waals surface area contributed by atoms with Gasteiger partial charge in [-0.25, -0.2) is 0 Å². The zero-order valence-corrected chi connectivity index (χ0v) is 11.4. The molecule has 0 heterocycles. The fraction of sp³-hybridized carbons (Fsp3) is 0.357. The molecule has 2 rings (SSSR count). The van der Waals surface area contributed by atoms with E-state index in [4.69, 9.17) is 10.8 Å². The summed E-state index contributed by atoms with van der Waals surface area (Å²) in [4.78, 5) is 34.0. The molecular formula is C14H17N3O4. The number of aliphatic carboxylic acids is 1. The summed E-state index contributed by atoms with van der Waals surface area (Å²) < 4.78 is 0. The lowest BCUT2D eigenvalue weighted by Gasteiger charge is -2.13. The van der Waals surface area contributed by atoms with Crippen LogP contribution in [0.25, 0.3) is 0 Å². The summed E-state index contributed by atoms with van der Waals surface area (Å²) in [7, 11) is 0. The Labute approximate surface area is 121 Å². The van der Waals surface area contributed by atoms with Gasteiger partial charge in [0.05, 0.1) is 5.41 Å². The third-order valence-electron chi connectivity index (χ3n) is 3.53. The van der Waals surface area contributed by atoms with E-state index in [1.54, 1.807) is 12.1 Å². The molecule has 5 N–H and O–H groups in total. The minimum absolute atomic E-state index is 0.104. The molecule has 0 atom stereocenters. The highest BCUT2D eigenvalue weighted by atomic mass is 16.4. The van der Waals surface area contributed by atoms with Crippen molar-refractivity contribution < 1.29 is 19.5 Å². The molecule has 1 fully saturated rings. The normalized spacial score (nSPS) is 15.1. The Morgan fingerprint density at radius 2 is 1.81 bits per heavy atom. The van der Waals surface area contributed by atoms with E-state index in [0.717, 1.165) is 12.8 Å². The van der Waals surface area contributed by atoms with Gasteiger partial charge in [0, 0.05) is 17.8 Å². The van der Waals surface area contributed by atoms with Gasteiger partial charge in [-0.05, 0) is 37.1 Å². The van der Waals surface area contributed by atoms with Gasteiger partial charge < -0.3 is 21.5 Å². The van der Waals surface area contributed by atoms with E-state index in [0.29, 0.717) is 17.8 Å². The molecule has 1 aromatic carbocycles. The van der Waals surface area contributed by atoms with E-state index in [1.165, 1.54) is 12.1 Å². The topological polar surface area (TPSA) is 122 Å². The molecule has 1 aliphatic carbocycles. The van der Waals surface area contributed by atoms with E-state index in [2.05, 4.69) is 10.6 Å². The van der Waals surface area contributed by atoms with Crippen molar-refractivity contribution in [3.8, 4) is 0 Å². The van der Waals surface area contributed by atoms with Gasteiger partial charge in [-0.1, -0.05) is 0 Å². The first-order valence-electron chi connectivity index (χ1n) is 6.58. The Morgan fingerprint density at radius 1 is 1.19 bits per heavy atom. The maximum absolute atomic E-state index is 12.0. The van der Waals surface area contributed by atoms with Crippen LogP contribution in [-0.4, -0.2) is 36.0 Å². The minimum atomic E-state index is -1.11. The lowest BCUT2D eigenvalue weighted by atomic mass is 10.1. The van der Waals surface area contributed by atoms with Crippen LogP contribution >= 0.6 is 0 Å². The Balaban J connectivity index is 1.94. The van der Waals surface area contributed by atoms with Crippen LogP contribution in [0.5, 0.6) is 0 Å². The Morgan fingerprint density at radius 3 is 2.29 bits per heavy atom. The number of carbonyl (C=O) groups excluding carboxylic acids is 2. The van der Waals surface area contributed by atoms with E-state index >= 15 is 0 Å². The van der Waals surface area contributed by atoms with E-state index in [-0.39, 0.29) is 5.91 Å². The SMILES string of the molecule is NCC1(C(=O)Nc2ccc(C(=O)NCC(=O)O)cc2)CC1. The highest BCUT2D eigenvalue weighted by Crippen LogP contribution is 2.45. The number of hydrogen-bond acceptors (Lipinski definition) is 4. The lowest BCUT2D eigenvalue weighted by Crippen LogP contribution is -2.31. The molecule has 0 aromatic heterocycles. The molecule has 0 spiro atoms. The van der Waals surface area contributed by atoms with Crippen molar-refractivity contribution in [2.75, 3.05) is 18.4 Å². The predicted octanol–water partition coefficient (Wildman–Crippen LogP) is 0.178. The summed E-state index contributed by atoms with van der Waals surface area (Å²) in [6, 6.07) is 6.24. The van der Waals surface area contributed by atoms with Crippen molar-refractivity contribution in [3.63, 3.8) is 0 Å². The molecule has 2 amide bonds. The van der Waals surface area contributed by atoms with Crippen LogP contribution in [0.3, 0.4) is 0 Å². The van der Waals surface area contributed by atoms with Crippen LogP contribution in [0.1, 0.15) is 23.2 Å². The highest BCUT2D eigenvalue weighted by Gasteiger charge is 2.48.